The first kappa shape index (κ1) is 32.6. The van der Waals surface area contributed by atoms with Crippen molar-refractivity contribution >= 4 is 0 Å². The maximum atomic E-state index is 5.95. The Labute approximate surface area is 207 Å². The van der Waals surface area contributed by atoms with Gasteiger partial charge in [0.15, 0.2) is 0 Å². The summed E-state index contributed by atoms with van der Waals surface area (Å²) in [4.78, 5) is 0. The third-order valence-electron chi connectivity index (χ3n) is 6.29. The third kappa shape index (κ3) is 24.5. The van der Waals surface area contributed by atoms with E-state index in [1.54, 1.807) is 13.2 Å². The van der Waals surface area contributed by atoms with Gasteiger partial charge in [-0.2, -0.15) is 0 Å². The lowest BCUT2D eigenvalue weighted by Crippen LogP contribution is -2.29. The summed E-state index contributed by atoms with van der Waals surface area (Å²) in [6.45, 7) is 11.2. The molecule has 0 spiro atoms. The van der Waals surface area contributed by atoms with Crippen LogP contribution in [-0.2, 0) is 18.9 Å². The minimum absolute atomic E-state index is 0.0423. The van der Waals surface area contributed by atoms with Crippen LogP contribution in [0, 0.1) is 0 Å². The molecular formula is C29H58O4. The average molecular weight is 471 g/mol. The van der Waals surface area contributed by atoms with Gasteiger partial charge in [0.1, 0.15) is 6.10 Å². The maximum absolute atomic E-state index is 5.95. The van der Waals surface area contributed by atoms with E-state index in [0.717, 1.165) is 19.4 Å². The molecule has 2 atom stereocenters. The van der Waals surface area contributed by atoms with Gasteiger partial charge in [-0.25, -0.2) is 0 Å². The van der Waals surface area contributed by atoms with E-state index in [4.69, 9.17) is 18.9 Å². The second-order valence-electron chi connectivity index (χ2n) is 9.43. The maximum Gasteiger partial charge on any atom is 0.104 e. The number of hydrogen-bond acceptors (Lipinski definition) is 4. The van der Waals surface area contributed by atoms with E-state index in [0.29, 0.717) is 26.4 Å². The molecule has 2 unspecified atom stereocenters. The summed E-state index contributed by atoms with van der Waals surface area (Å²) in [5, 5.41) is 0. The van der Waals surface area contributed by atoms with Gasteiger partial charge in [-0.05, 0) is 12.8 Å². The molecule has 0 fully saturated rings. The van der Waals surface area contributed by atoms with Crippen molar-refractivity contribution in [2.75, 3.05) is 40.1 Å². The zero-order chi connectivity index (χ0) is 24.2. The van der Waals surface area contributed by atoms with Crippen LogP contribution in [0.1, 0.15) is 123 Å². The molecule has 0 radical (unpaired) electrons. The molecule has 0 aliphatic carbocycles. The van der Waals surface area contributed by atoms with Gasteiger partial charge in [0.2, 0.25) is 0 Å². The second-order valence-corrected chi connectivity index (χ2v) is 9.43. The fraction of sp³-hybridized carbons (Fsp3) is 0.931. The molecule has 33 heavy (non-hydrogen) atoms. The van der Waals surface area contributed by atoms with E-state index in [1.807, 2.05) is 0 Å². The van der Waals surface area contributed by atoms with Crippen molar-refractivity contribution < 1.29 is 18.9 Å². The highest BCUT2D eigenvalue weighted by atomic mass is 16.6. The molecule has 0 aromatic rings. The molecule has 4 nitrogen and oxygen atoms in total. The van der Waals surface area contributed by atoms with Gasteiger partial charge in [-0.1, -0.05) is 116 Å². The summed E-state index contributed by atoms with van der Waals surface area (Å²) in [6.07, 6.45) is 25.1. The lowest BCUT2D eigenvalue weighted by molar-refractivity contribution is -0.0788. The van der Waals surface area contributed by atoms with Gasteiger partial charge in [-0.3, -0.25) is 0 Å². The van der Waals surface area contributed by atoms with Crippen molar-refractivity contribution in [2.24, 2.45) is 0 Å². The van der Waals surface area contributed by atoms with Crippen molar-refractivity contribution in [1.29, 1.82) is 0 Å². The largest absolute Gasteiger partial charge is 0.379 e. The van der Waals surface area contributed by atoms with Gasteiger partial charge >= 0.3 is 0 Å². The van der Waals surface area contributed by atoms with Crippen LogP contribution in [-0.4, -0.2) is 52.4 Å². The van der Waals surface area contributed by atoms with Crippen molar-refractivity contribution in [2.45, 2.75) is 135 Å². The number of rotatable bonds is 28. The Kier molecular flexibility index (Phi) is 27.5. The zero-order valence-electron chi connectivity index (χ0n) is 22.6. The van der Waals surface area contributed by atoms with Crippen LogP contribution >= 0.6 is 0 Å². The Balaban J connectivity index is 3.37. The molecule has 0 amide bonds. The molecule has 0 bridgehead atoms. The van der Waals surface area contributed by atoms with Crippen LogP contribution in [0.25, 0.3) is 0 Å². The average Bonchev–Trinajstić information content (AvgIpc) is 2.83. The first-order valence-electron chi connectivity index (χ1n) is 14.2. The van der Waals surface area contributed by atoms with Gasteiger partial charge in [-0.15, -0.1) is 6.58 Å². The quantitative estimate of drug-likeness (QED) is 0.0851. The molecule has 0 saturated heterocycles. The predicted molar refractivity (Wildman–Crippen MR) is 142 cm³/mol. The highest BCUT2D eigenvalue weighted by molar-refractivity contribution is 4.65. The summed E-state index contributed by atoms with van der Waals surface area (Å²) in [6, 6.07) is 0. The monoisotopic (exact) mass is 470 g/mol. The highest BCUT2D eigenvalue weighted by Crippen LogP contribution is 2.14. The Morgan fingerprint density at radius 2 is 1.09 bits per heavy atom. The minimum Gasteiger partial charge on any atom is -0.379 e. The molecular weight excluding hydrogens is 412 g/mol. The topological polar surface area (TPSA) is 36.9 Å². The van der Waals surface area contributed by atoms with Crippen LogP contribution in [0.3, 0.4) is 0 Å². The summed E-state index contributed by atoms with van der Waals surface area (Å²) in [5.74, 6) is 0. The summed E-state index contributed by atoms with van der Waals surface area (Å²) in [5.41, 5.74) is 0. The number of methoxy groups -OCH3 is 1. The summed E-state index contributed by atoms with van der Waals surface area (Å²) < 4.78 is 22.7. The first-order valence-corrected chi connectivity index (χ1v) is 14.2. The van der Waals surface area contributed by atoms with E-state index in [1.165, 1.54) is 96.3 Å². The fourth-order valence-electron chi connectivity index (χ4n) is 3.96. The number of unbranched alkanes of at least 4 members (excludes halogenated alkanes) is 15. The Morgan fingerprint density at radius 1 is 0.606 bits per heavy atom. The van der Waals surface area contributed by atoms with Crippen LogP contribution in [0.2, 0.25) is 0 Å². The third-order valence-corrected chi connectivity index (χ3v) is 6.29. The van der Waals surface area contributed by atoms with Gasteiger partial charge in [0.05, 0.1) is 32.5 Å². The molecule has 0 N–H and O–H groups in total. The minimum atomic E-state index is -0.0423. The van der Waals surface area contributed by atoms with Gasteiger partial charge in [0, 0.05) is 13.7 Å². The van der Waals surface area contributed by atoms with E-state index >= 15 is 0 Å². The molecule has 0 aromatic heterocycles. The molecule has 0 heterocycles. The molecule has 0 aliphatic rings. The van der Waals surface area contributed by atoms with Crippen molar-refractivity contribution in [3.05, 3.63) is 12.7 Å². The fourth-order valence-corrected chi connectivity index (χ4v) is 3.96. The second kappa shape index (κ2) is 27.8. The Morgan fingerprint density at radius 3 is 1.55 bits per heavy atom. The highest BCUT2D eigenvalue weighted by Gasteiger charge is 2.13. The van der Waals surface area contributed by atoms with Gasteiger partial charge < -0.3 is 18.9 Å². The van der Waals surface area contributed by atoms with Crippen LogP contribution < -0.4 is 0 Å². The summed E-state index contributed by atoms with van der Waals surface area (Å²) >= 11 is 0. The normalized spacial score (nSPS) is 13.3. The number of ether oxygens (including phenoxy) is 4. The van der Waals surface area contributed by atoms with Crippen molar-refractivity contribution in [3.63, 3.8) is 0 Å². The van der Waals surface area contributed by atoms with E-state index in [-0.39, 0.29) is 12.2 Å². The van der Waals surface area contributed by atoms with E-state index < -0.39 is 0 Å². The zero-order valence-corrected chi connectivity index (χ0v) is 22.6. The smallest absolute Gasteiger partial charge is 0.104 e. The standard InChI is InChI=1S/C29H58O4/c1-5-8-9-10-11-12-13-14-15-16-17-18-19-20-21-22-24-32-25-28(7-3)33-27-29(30-4)26-31-23-6-2/h6,28-29H,2,5,7-27H2,1,3-4H3. The predicted octanol–water partition coefficient (Wildman–Crippen LogP) is 8.28. The van der Waals surface area contributed by atoms with E-state index in [2.05, 4.69) is 20.4 Å². The van der Waals surface area contributed by atoms with Crippen LogP contribution in [0.4, 0.5) is 0 Å². The molecule has 0 aliphatic heterocycles. The Bertz CT molecular complexity index is 375. The molecule has 0 rings (SSSR count). The Hall–Kier alpha value is -0.420. The molecule has 0 saturated carbocycles. The lowest BCUT2D eigenvalue weighted by atomic mass is 10.0. The lowest BCUT2D eigenvalue weighted by Gasteiger charge is -2.20. The van der Waals surface area contributed by atoms with Crippen molar-refractivity contribution in [3.8, 4) is 0 Å². The summed E-state index contributed by atoms with van der Waals surface area (Å²) in [7, 11) is 1.69. The SMILES string of the molecule is C=CCOCC(COC(CC)COCCCCCCCCCCCCCCCCCC)OC. The van der Waals surface area contributed by atoms with Crippen LogP contribution in [0.15, 0.2) is 12.7 Å². The number of hydrogen-bond donors (Lipinski definition) is 0. The molecule has 0 aromatic carbocycles. The first-order chi connectivity index (χ1) is 16.3. The van der Waals surface area contributed by atoms with Gasteiger partial charge in [0.25, 0.3) is 0 Å². The van der Waals surface area contributed by atoms with Crippen LogP contribution in [0.5, 0.6) is 0 Å². The van der Waals surface area contributed by atoms with Crippen molar-refractivity contribution in [1.82, 2.24) is 0 Å². The van der Waals surface area contributed by atoms with E-state index in [9.17, 15) is 0 Å². The molecule has 198 valence electrons. The molecule has 4 heteroatoms.